The SMILES string of the molecule is COCC(=O)N/N=C/c1ccc(Sc2cccc3cccnc23)o1. The van der Waals surface area contributed by atoms with Crippen LogP contribution >= 0.6 is 11.8 Å². The zero-order valence-corrected chi connectivity index (χ0v) is 13.7. The third kappa shape index (κ3) is 4.01. The molecular weight excluding hydrogens is 326 g/mol. The molecule has 2 aromatic heterocycles. The van der Waals surface area contributed by atoms with Crippen molar-refractivity contribution in [3.63, 3.8) is 0 Å². The molecule has 0 aliphatic heterocycles. The maximum atomic E-state index is 11.2. The largest absolute Gasteiger partial charge is 0.448 e. The molecule has 0 fully saturated rings. The summed E-state index contributed by atoms with van der Waals surface area (Å²) in [6.07, 6.45) is 3.22. The average molecular weight is 341 g/mol. The zero-order valence-electron chi connectivity index (χ0n) is 12.9. The van der Waals surface area contributed by atoms with Crippen LogP contribution in [0.5, 0.6) is 0 Å². The molecule has 0 saturated carbocycles. The molecule has 0 spiro atoms. The van der Waals surface area contributed by atoms with Gasteiger partial charge in [0.1, 0.15) is 12.4 Å². The summed E-state index contributed by atoms with van der Waals surface area (Å²) in [5.41, 5.74) is 3.28. The molecule has 0 unspecified atom stereocenters. The number of nitrogens with one attached hydrogen (secondary N) is 1. The molecule has 7 heteroatoms. The molecule has 2 heterocycles. The van der Waals surface area contributed by atoms with Crippen LogP contribution in [0.15, 0.2) is 68.2 Å². The lowest BCUT2D eigenvalue weighted by atomic mass is 10.2. The standard InChI is InChI=1S/C17H15N3O3S/c1-22-11-15(21)20-19-10-13-7-8-16(23-13)24-14-6-2-4-12-5-3-9-18-17(12)14/h2-10H,11H2,1H3,(H,20,21)/b19-10+. The highest BCUT2D eigenvalue weighted by Crippen LogP contribution is 2.33. The van der Waals surface area contributed by atoms with E-state index in [1.165, 1.54) is 25.1 Å². The predicted molar refractivity (Wildman–Crippen MR) is 92.2 cm³/mol. The lowest BCUT2D eigenvalue weighted by molar-refractivity contribution is -0.124. The number of carbonyl (C=O) groups is 1. The first-order valence-corrected chi connectivity index (χ1v) is 8.00. The molecule has 3 rings (SSSR count). The molecule has 24 heavy (non-hydrogen) atoms. The average Bonchev–Trinajstić information content (AvgIpc) is 3.03. The molecule has 122 valence electrons. The monoisotopic (exact) mass is 341 g/mol. The van der Waals surface area contributed by atoms with Crippen LogP contribution in [-0.4, -0.2) is 30.8 Å². The second-order valence-electron chi connectivity index (χ2n) is 4.82. The number of hydrogen-bond acceptors (Lipinski definition) is 6. The van der Waals surface area contributed by atoms with Crippen molar-refractivity contribution in [1.82, 2.24) is 10.4 Å². The van der Waals surface area contributed by atoms with Gasteiger partial charge in [0.25, 0.3) is 5.91 Å². The van der Waals surface area contributed by atoms with Gasteiger partial charge in [0, 0.05) is 23.6 Å². The Balaban J connectivity index is 1.69. The highest BCUT2D eigenvalue weighted by atomic mass is 32.2. The van der Waals surface area contributed by atoms with E-state index < -0.39 is 0 Å². The van der Waals surface area contributed by atoms with Crippen molar-refractivity contribution < 1.29 is 13.9 Å². The lowest BCUT2D eigenvalue weighted by Crippen LogP contribution is -2.22. The molecule has 0 atom stereocenters. The van der Waals surface area contributed by atoms with Crippen LogP contribution in [0.2, 0.25) is 0 Å². The maximum absolute atomic E-state index is 11.2. The Morgan fingerprint density at radius 2 is 2.21 bits per heavy atom. The van der Waals surface area contributed by atoms with Gasteiger partial charge < -0.3 is 9.15 Å². The third-order valence-electron chi connectivity index (χ3n) is 3.06. The van der Waals surface area contributed by atoms with E-state index in [1.54, 1.807) is 12.3 Å². The fourth-order valence-electron chi connectivity index (χ4n) is 2.06. The fourth-order valence-corrected chi connectivity index (χ4v) is 2.96. The molecule has 1 N–H and O–H groups in total. The number of para-hydroxylation sites is 1. The number of hydrazone groups is 1. The van der Waals surface area contributed by atoms with Crippen molar-refractivity contribution in [2.24, 2.45) is 5.10 Å². The summed E-state index contributed by atoms with van der Waals surface area (Å²) in [7, 11) is 1.45. The first-order valence-electron chi connectivity index (χ1n) is 7.18. The summed E-state index contributed by atoms with van der Waals surface area (Å²) in [5, 5.41) is 5.61. The number of nitrogens with zero attached hydrogens (tertiary/aromatic N) is 2. The van der Waals surface area contributed by atoms with Crippen molar-refractivity contribution in [3.05, 3.63) is 54.4 Å². The Hall–Kier alpha value is -2.64. The van der Waals surface area contributed by atoms with Gasteiger partial charge >= 0.3 is 0 Å². The van der Waals surface area contributed by atoms with Crippen molar-refractivity contribution in [1.29, 1.82) is 0 Å². The van der Waals surface area contributed by atoms with Crippen LogP contribution in [0.4, 0.5) is 0 Å². The molecule has 6 nitrogen and oxygen atoms in total. The number of furan rings is 1. The Kier molecular flexibility index (Phi) is 5.25. The van der Waals surface area contributed by atoms with Gasteiger partial charge in [-0.15, -0.1) is 0 Å². The van der Waals surface area contributed by atoms with E-state index in [1.807, 2.05) is 36.4 Å². The summed E-state index contributed by atoms with van der Waals surface area (Å²) >= 11 is 1.49. The third-order valence-corrected chi connectivity index (χ3v) is 4.03. The van der Waals surface area contributed by atoms with Gasteiger partial charge in [-0.3, -0.25) is 9.78 Å². The number of methoxy groups -OCH3 is 1. The van der Waals surface area contributed by atoms with E-state index in [0.29, 0.717) is 5.76 Å². The molecule has 1 aromatic carbocycles. The van der Waals surface area contributed by atoms with Gasteiger partial charge in [-0.1, -0.05) is 18.2 Å². The number of carbonyl (C=O) groups excluding carboxylic acids is 1. The van der Waals surface area contributed by atoms with E-state index in [0.717, 1.165) is 20.9 Å². The van der Waals surface area contributed by atoms with Crippen molar-refractivity contribution >= 4 is 34.8 Å². The minimum Gasteiger partial charge on any atom is -0.448 e. The summed E-state index contributed by atoms with van der Waals surface area (Å²) < 4.78 is 10.4. The van der Waals surface area contributed by atoms with E-state index in [-0.39, 0.29) is 12.5 Å². The summed E-state index contributed by atoms with van der Waals surface area (Å²) in [6, 6.07) is 13.6. The number of amides is 1. The molecule has 0 aliphatic rings. The number of fused-ring (bicyclic) bond motifs is 1. The highest BCUT2D eigenvalue weighted by Gasteiger charge is 2.07. The highest BCUT2D eigenvalue weighted by molar-refractivity contribution is 7.99. The second kappa shape index (κ2) is 7.76. The van der Waals surface area contributed by atoms with E-state index >= 15 is 0 Å². The first-order chi connectivity index (χ1) is 11.8. The Morgan fingerprint density at radius 1 is 1.33 bits per heavy atom. The quantitative estimate of drug-likeness (QED) is 0.551. The van der Waals surface area contributed by atoms with Crippen molar-refractivity contribution in [2.45, 2.75) is 9.99 Å². The van der Waals surface area contributed by atoms with E-state index in [9.17, 15) is 4.79 Å². The number of aromatic nitrogens is 1. The van der Waals surface area contributed by atoms with Gasteiger partial charge in [0.15, 0.2) is 5.09 Å². The minimum absolute atomic E-state index is 0.0370. The Labute approximate surface area is 142 Å². The Bertz CT molecular complexity index is 871. The van der Waals surface area contributed by atoms with Crippen LogP contribution in [0.1, 0.15) is 5.76 Å². The zero-order chi connectivity index (χ0) is 16.8. The molecule has 3 aromatic rings. The maximum Gasteiger partial charge on any atom is 0.266 e. The van der Waals surface area contributed by atoms with Crippen molar-refractivity contribution in [2.75, 3.05) is 13.7 Å². The van der Waals surface area contributed by atoms with Crippen LogP contribution in [0.25, 0.3) is 10.9 Å². The van der Waals surface area contributed by atoms with Crippen molar-refractivity contribution in [3.8, 4) is 0 Å². The summed E-state index contributed by atoms with van der Waals surface area (Å²) in [5.74, 6) is 0.222. The number of rotatable bonds is 6. The number of benzene rings is 1. The molecule has 0 aliphatic carbocycles. The predicted octanol–water partition coefficient (Wildman–Crippen LogP) is 3.08. The summed E-state index contributed by atoms with van der Waals surface area (Å²) in [4.78, 5) is 16.6. The van der Waals surface area contributed by atoms with Gasteiger partial charge in [0.2, 0.25) is 0 Å². The minimum atomic E-state index is -0.322. The number of pyridine rings is 1. The van der Waals surface area contributed by atoms with E-state index in [2.05, 4.69) is 15.5 Å². The second-order valence-corrected chi connectivity index (χ2v) is 5.86. The molecule has 1 amide bonds. The van der Waals surface area contributed by atoms with Gasteiger partial charge in [0.05, 0.1) is 11.7 Å². The first kappa shape index (κ1) is 16.2. The molecule has 0 radical (unpaired) electrons. The topological polar surface area (TPSA) is 76.7 Å². The summed E-state index contributed by atoms with van der Waals surface area (Å²) in [6.45, 7) is -0.0370. The molecular formula is C17H15N3O3S. The Morgan fingerprint density at radius 3 is 3.08 bits per heavy atom. The van der Waals surface area contributed by atoms with Crippen LogP contribution in [-0.2, 0) is 9.53 Å². The van der Waals surface area contributed by atoms with E-state index in [4.69, 9.17) is 9.15 Å². The number of ether oxygens (including phenoxy) is 1. The van der Waals surface area contributed by atoms with Gasteiger partial charge in [-0.2, -0.15) is 5.10 Å². The van der Waals surface area contributed by atoms with Crippen LogP contribution in [0, 0.1) is 0 Å². The van der Waals surface area contributed by atoms with Gasteiger partial charge in [-0.05, 0) is 36.0 Å². The molecule has 0 saturated heterocycles. The van der Waals surface area contributed by atoms with Crippen LogP contribution in [0.3, 0.4) is 0 Å². The number of hydrogen-bond donors (Lipinski definition) is 1. The lowest BCUT2D eigenvalue weighted by Gasteiger charge is -2.02. The van der Waals surface area contributed by atoms with Crippen LogP contribution < -0.4 is 5.43 Å². The normalized spacial score (nSPS) is 11.2. The fraction of sp³-hybridized carbons (Fsp3) is 0.118. The molecule has 0 bridgehead atoms. The smallest absolute Gasteiger partial charge is 0.266 e. The van der Waals surface area contributed by atoms with Gasteiger partial charge in [-0.25, -0.2) is 5.43 Å².